The molecule has 0 heterocycles. The normalized spacial score (nSPS) is 12.5. The Morgan fingerprint density at radius 2 is 1.71 bits per heavy atom. The van der Waals surface area contributed by atoms with Gasteiger partial charge in [-0.3, -0.25) is 0 Å². The topological polar surface area (TPSA) is 38.7 Å². The number of unbranched alkanes of at least 4 members (excludes halogenated alkanes) is 1. The monoisotopic (exact) mass is 244 g/mol. The Hall–Kier alpha value is -0.540. The van der Waals surface area contributed by atoms with E-state index < -0.39 is 5.60 Å². The lowest BCUT2D eigenvalue weighted by molar-refractivity contribution is -0.0512. The van der Waals surface area contributed by atoms with E-state index in [1.807, 2.05) is 0 Å². The second-order valence-electron chi connectivity index (χ2n) is 5.67. The summed E-state index contributed by atoms with van der Waals surface area (Å²) in [5.74, 6) is 0. The summed E-state index contributed by atoms with van der Waals surface area (Å²) in [4.78, 5) is 0. The van der Waals surface area contributed by atoms with E-state index in [-0.39, 0.29) is 5.60 Å². The first kappa shape index (κ1) is 16.5. The first-order valence-corrected chi connectivity index (χ1v) is 6.36. The van der Waals surface area contributed by atoms with E-state index >= 15 is 0 Å². The smallest absolute Gasteiger partial charge is 0.0873 e. The molecule has 3 heteroatoms. The third-order valence-corrected chi connectivity index (χ3v) is 2.62. The summed E-state index contributed by atoms with van der Waals surface area (Å²) < 4.78 is 10.9. The van der Waals surface area contributed by atoms with Crippen LogP contribution in [0.1, 0.15) is 53.4 Å². The zero-order valence-corrected chi connectivity index (χ0v) is 11.8. The number of hydrogen-bond donors (Lipinski definition) is 1. The zero-order valence-electron chi connectivity index (χ0n) is 11.8. The van der Waals surface area contributed by atoms with E-state index in [9.17, 15) is 5.11 Å². The third-order valence-electron chi connectivity index (χ3n) is 2.62. The van der Waals surface area contributed by atoms with Gasteiger partial charge in [0.15, 0.2) is 0 Å². The fraction of sp³-hybridized carbons (Fsp3) is 0.857. The average Bonchev–Trinajstić information content (AvgIpc) is 2.14. The van der Waals surface area contributed by atoms with Crippen molar-refractivity contribution in [1.29, 1.82) is 0 Å². The average molecular weight is 244 g/mol. The van der Waals surface area contributed by atoms with Crippen molar-refractivity contribution in [2.45, 2.75) is 64.6 Å². The van der Waals surface area contributed by atoms with Gasteiger partial charge in [-0.2, -0.15) is 0 Å². The minimum Gasteiger partial charge on any atom is -0.502 e. The van der Waals surface area contributed by atoms with Gasteiger partial charge < -0.3 is 14.6 Å². The molecule has 0 aliphatic rings. The number of ether oxygens (including phenoxy) is 2. The molecule has 0 saturated carbocycles. The van der Waals surface area contributed by atoms with Gasteiger partial charge in [0.25, 0.3) is 0 Å². The van der Waals surface area contributed by atoms with Gasteiger partial charge in [0.1, 0.15) is 0 Å². The summed E-state index contributed by atoms with van der Waals surface area (Å²) in [5.41, 5.74) is -0.771. The summed E-state index contributed by atoms with van der Waals surface area (Å²) in [6.45, 7) is 12.6. The van der Waals surface area contributed by atoms with Gasteiger partial charge in [-0.1, -0.05) is 6.58 Å². The Kier molecular flexibility index (Phi) is 7.48. The van der Waals surface area contributed by atoms with E-state index in [4.69, 9.17) is 9.47 Å². The maximum Gasteiger partial charge on any atom is 0.0873 e. The molecular weight excluding hydrogens is 216 g/mol. The Labute approximate surface area is 106 Å². The van der Waals surface area contributed by atoms with E-state index in [0.29, 0.717) is 13.0 Å². The second-order valence-corrected chi connectivity index (χ2v) is 5.67. The van der Waals surface area contributed by atoms with Gasteiger partial charge in [-0.25, -0.2) is 0 Å². The molecule has 0 radical (unpaired) electrons. The van der Waals surface area contributed by atoms with Crippen LogP contribution in [0.25, 0.3) is 0 Å². The summed E-state index contributed by atoms with van der Waals surface area (Å²) in [5, 5.41) is 9.58. The second kappa shape index (κ2) is 7.72. The van der Waals surface area contributed by atoms with Gasteiger partial charge in [0.2, 0.25) is 0 Å². The van der Waals surface area contributed by atoms with Crippen molar-refractivity contribution >= 4 is 0 Å². The molecular formula is C14H28O3. The van der Waals surface area contributed by atoms with Crippen molar-refractivity contribution in [3.05, 3.63) is 12.8 Å². The van der Waals surface area contributed by atoms with Crippen molar-refractivity contribution in [2.75, 3.05) is 13.2 Å². The Morgan fingerprint density at radius 3 is 2.24 bits per heavy atom. The molecule has 0 aromatic rings. The predicted molar refractivity (Wildman–Crippen MR) is 70.9 cm³/mol. The molecule has 0 aliphatic heterocycles. The van der Waals surface area contributed by atoms with Crippen LogP contribution in [-0.4, -0.2) is 29.5 Å². The molecule has 0 unspecified atom stereocenters. The molecule has 3 nitrogen and oxygen atoms in total. The van der Waals surface area contributed by atoms with E-state index in [0.717, 1.165) is 25.9 Å². The van der Waals surface area contributed by atoms with Crippen molar-refractivity contribution in [2.24, 2.45) is 0 Å². The molecule has 0 spiro atoms. The lowest BCUT2D eigenvalue weighted by Crippen LogP contribution is -2.28. The van der Waals surface area contributed by atoms with E-state index in [1.165, 1.54) is 6.26 Å². The molecule has 0 bridgehead atoms. The van der Waals surface area contributed by atoms with Gasteiger partial charge in [-0.15, -0.1) is 0 Å². The van der Waals surface area contributed by atoms with Gasteiger partial charge in [0, 0.05) is 0 Å². The highest BCUT2D eigenvalue weighted by atomic mass is 16.5. The number of hydrogen-bond acceptors (Lipinski definition) is 3. The predicted octanol–water partition coefficient (Wildman–Crippen LogP) is 3.27. The fourth-order valence-electron chi connectivity index (χ4n) is 1.47. The van der Waals surface area contributed by atoms with E-state index in [2.05, 4.69) is 20.4 Å². The first-order chi connectivity index (χ1) is 7.77. The molecule has 0 aromatic heterocycles. The SMILES string of the molecule is C=COCCCCC(C)(C)OCCC(C)(C)O. The molecule has 1 N–H and O–H groups in total. The quantitative estimate of drug-likeness (QED) is 0.473. The lowest BCUT2D eigenvalue weighted by Gasteiger charge is -2.27. The molecule has 0 aromatic carbocycles. The van der Waals surface area contributed by atoms with Crippen LogP contribution in [0.2, 0.25) is 0 Å². The molecule has 0 saturated heterocycles. The lowest BCUT2D eigenvalue weighted by atomic mass is 10.0. The van der Waals surface area contributed by atoms with Crippen LogP contribution in [0.3, 0.4) is 0 Å². The largest absolute Gasteiger partial charge is 0.502 e. The standard InChI is InChI=1S/C14H28O3/c1-6-16-11-8-7-9-14(4,5)17-12-10-13(2,3)15/h6,15H,1,7-12H2,2-5H3. The maximum atomic E-state index is 9.58. The van der Waals surface area contributed by atoms with Gasteiger partial charge in [-0.05, 0) is 53.4 Å². The number of aliphatic hydroxyl groups is 1. The van der Waals surface area contributed by atoms with Crippen molar-refractivity contribution in [3.8, 4) is 0 Å². The van der Waals surface area contributed by atoms with Gasteiger partial charge >= 0.3 is 0 Å². The van der Waals surface area contributed by atoms with Crippen LogP contribution in [0, 0.1) is 0 Å². The van der Waals surface area contributed by atoms with Crippen LogP contribution in [0.15, 0.2) is 12.8 Å². The molecule has 0 amide bonds. The highest BCUT2D eigenvalue weighted by Crippen LogP contribution is 2.19. The van der Waals surface area contributed by atoms with Crippen LogP contribution >= 0.6 is 0 Å². The zero-order chi connectivity index (χ0) is 13.4. The highest BCUT2D eigenvalue weighted by molar-refractivity contribution is 4.71. The molecule has 0 aliphatic carbocycles. The highest BCUT2D eigenvalue weighted by Gasteiger charge is 2.20. The van der Waals surface area contributed by atoms with E-state index in [1.54, 1.807) is 13.8 Å². The Bertz CT molecular complexity index is 204. The van der Waals surface area contributed by atoms with Crippen LogP contribution in [0.5, 0.6) is 0 Å². The molecule has 0 fully saturated rings. The summed E-state index contributed by atoms with van der Waals surface area (Å²) >= 11 is 0. The van der Waals surface area contributed by atoms with Crippen LogP contribution < -0.4 is 0 Å². The van der Waals surface area contributed by atoms with Gasteiger partial charge in [0.05, 0.1) is 30.7 Å². The van der Waals surface area contributed by atoms with Crippen molar-refractivity contribution < 1.29 is 14.6 Å². The fourth-order valence-corrected chi connectivity index (χ4v) is 1.47. The maximum absolute atomic E-state index is 9.58. The summed E-state index contributed by atoms with van der Waals surface area (Å²) in [6.07, 6.45) is 5.23. The Balaban J connectivity index is 3.61. The number of rotatable bonds is 10. The van der Waals surface area contributed by atoms with Crippen LogP contribution in [-0.2, 0) is 9.47 Å². The molecule has 0 atom stereocenters. The van der Waals surface area contributed by atoms with Crippen molar-refractivity contribution in [3.63, 3.8) is 0 Å². The molecule has 0 rings (SSSR count). The minimum absolute atomic E-state index is 0.126. The summed E-state index contributed by atoms with van der Waals surface area (Å²) in [6, 6.07) is 0. The summed E-state index contributed by atoms with van der Waals surface area (Å²) in [7, 11) is 0. The van der Waals surface area contributed by atoms with Crippen molar-refractivity contribution in [1.82, 2.24) is 0 Å². The minimum atomic E-state index is -0.645. The molecule has 102 valence electrons. The molecule has 17 heavy (non-hydrogen) atoms. The third kappa shape index (κ3) is 11.7. The Morgan fingerprint density at radius 1 is 1.06 bits per heavy atom. The van der Waals surface area contributed by atoms with Crippen LogP contribution in [0.4, 0.5) is 0 Å². The first-order valence-electron chi connectivity index (χ1n) is 6.36.